The van der Waals surface area contributed by atoms with E-state index in [1.54, 1.807) is 6.20 Å². The molecule has 2 heterocycles. The Morgan fingerprint density at radius 1 is 1.20 bits per heavy atom. The number of aromatic amines is 1. The highest BCUT2D eigenvalue weighted by Crippen LogP contribution is 2.17. The van der Waals surface area contributed by atoms with Crippen molar-refractivity contribution in [2.75, 3.05) is 5.73 Å². The van der Waals surface area contributed by atoms with Crippen molar-refractivity contribution in [3.63, 3.8) is 0 Å². The van der Waals surface area contributed by atoms with Crippen molar-refractivity contribution in [2.24, 2.45) is 0 Å². The minimum atomic E-state index is 0.145. The molecule has 6 heteroatoms. The number of nitrogens with one attached hydrogen (secondary N) is 1. The maximum Gasteiger partial charge on any atom is 0.223 e. The third-order valence-electron chi connectivity index (χ3n) is 1.28. The van der Waals surface area contributed by atoms with Crippen LogP contribution in [0.5, 0.6) is 0 Å². The lowest BCUT2D eigenvalue weighted by Gasteiger charge is -1.92. The predicted molar refractivity (Wildman–Crippen MR) is 63.8 cm³/mol. The molecular formula is C9H16ClN5. The Morgan fingerprint density at radius 2 is 1.80 bits per heavy atom. The number of nitrogen functional groups attached to an aromatic ring is 1. The highest BCUT2D eigenvalue weighted by molar-refractivity contribution is 6.33. The van der Waals surface area contributed by atoms with Crippen molar-refractivity contribution < 1.29 is 0 Å². The second-order valence-electron chi connectivity index (χ2n) is 2.00. The van der Waals surface area contributed by atoms with Crippen LogP contribution < -0.4 is 5.73 Å². The van der Waals surface area contributed by atoms with Gasteiger partial charge in [-0.25, -0.2) is 4.98 Å². The number of nitrogens with zero attached hydrogens (tertiary/aromatic N) is 3. The van der Waals surface area contributed by atoms with Crippen LogP contribution in [0.2, 0.25) is 5.15 Å². The van der Waals surface area contributed by atoms with E-state index in [1.807, 2.05) is 27.7 Å². The summed E-state index contributed by atoms with van der Waals surface area (Å²) in [6, 6.07) is 0. The van der Waals surface area contributed by atoms with Gasteiger partial charge in [-0.3, -0.25) is 5.10 Å². The van der Waals surface area contributed by atoms with Gasteiger partial charge in [0.05, 0.1) is 11.6 Å². The van der Waals surface area contributed by atoms with E-state index in [-0.39, 0.29) is 5.95 Å². The molecule has 0 saturated heterocycles. The number of fused-ring (bicyclic) bond motifs is 1. The maximum atomic E-state index is 5.71. The lowest BCUT2D eigenvalue weighted by molar-refractivity contribution is 1.09. The van der Waals surface area contributed by atoms with Gasteiger partial charge in [-0.1, -0.05) is 39.3 Å². The Morgan fingerprint density at radius 3 is 2.40 bits per heavy atom. The van der Waals surface area contributed by atoms with Crippen LogP contribution in [0.3, 0.4) is 0 Å². The number of H-pyrrole nitrogens is 1. The standard InChI is InChI=1S/C5H4ClN5.2C2H6/c6-3-2-1-8-11-4(2)10-5(7)9-3;2*1-2/h1H,(H3,7,8,9,10,11);2*1-2H3. The van der Waals surface area contributed by atoms with Gasteiger partial charge in [0.25, 0.3) is 0 Å². The van der Waals surface area contributed by atoms with Gasteiger partial charge in [0, 0.05) is 0 Å². The molecule has 3 N–H and O–H groups in total. The highest BCUT2D eigenvalue weighted by atomic mass is 35.5. The molecule has 84 valence electrons. The van der Waals surface area contributed by atoms with Crippen molar-refractivity contribution >= 4 is 28.6 Å². The Kier molecular flexibility index (Phi) is 6.37. The van der Waals surface area contributed by atoms with Crippen LogP contribution in [0.25, 0.3) is 11.0 Å². The second-order valence-corrected chi connectivity index (χ2v) is 2.36. The Hall–Kier alpha value is -1.36. The Bertz CT molecular complexity index is 398. The molecule has 0 unspecified atom stereocenters. The van der Waals surface area contributed by atoms with E-state index >= 15 is 0 Å². The molecule has 2 aromatic rings. The van der Waals surface area contributed by atoms with E-state index in [9.17, 15) is 0 Å². The largest absolute Gasteiger partial charge is 0.368 e. The second kappa shape index (κ2) is 7.00. The summed E-state index contributed by atoms with van der Waals surface area (Å²) in [7, 11) is 0. The lowest BCUT2D eigenvalue weighted by Crippen LogP contribution is -1.94. The van der Waals surface area contributed by atoms with E-state index in [0.29, 0.717) is 16.2 Å². The van der Waals surface area contributed by atoms with E-state index in [0.717, 1.165) is 0 Å². The molecule has 0 spiro atoms. The molecule has 0 atom stereocenters. The highest BCUT2D eigenvalue weighted by Gasteiger charge is 2.03. The van der Waals surface area contributed by atoms with Gasteiger partial charge in [-0.05, 0) is 0 Å². The molecule has 0 fully saturated rings. The van der Waals surface area contributed by atoms with Crippen LogP contribution in [-0.2, 0) is 0 Å². The van der Waals surface area contributed by atoms with E-state index in [4.69, 9.17) is 17.3 Å². The maximum absolute atomic E-state index is 5.71. The number of hydrogen-bond donors (Lipinski definition) is 2. The number of nitrogens with two attached hydrogens (primary N) is 1. The van der Waals surface area contributed by atoms with Crippen LogP contribution in [0.15, 0.2) is 6.20 Å². The molecule has 0 aliphatic heterocycles. The number of aromatic nitrogens is 4. The fraction of sp³-hybridized carbons (Fsp3) is 0.444. The summed E-state index contributed by atoms with van der Waals surface area (Å²) in [4.78, 5) is 7.61. The number of anilines is 1. The van der Waals surface area contributed by atoms with Crippen LogP contribution in [0.1, 0.15) is 27.7 Å². The van der Waals surface area contributed by atoms with Gasteiger partial charge in [-0.15, -0.1) is 0 Å². The van der Waals surface area contributed by atoms with Crippen molar-refractivity contribution in [3.8, 4) is 0 Å². The monoisotopic (exact) mass is 229 g/mol. The van der Waals surface area contributed by atoms with Gasteiger partial charge in [-0.2, -0.15) is 10.1 Å². The minimum absolute atomic E-state index is 0.145. The molecule has 0 saturated carbocycles. The zero-order valence-electron chi connectivity index (χ0n) is 9.37. The summed E-state index contributed by atoms with van der Waals surface area (Å²) in [6.07, 6.45) is 1.55. The summed E-state index contributed by atoms with van der Waals surface area (Å²) in [5.74, 6) is 0.145. The van der Waals surface area contributed by atoms with Gasteiger partial charge >= 0.3 is 0 Å². The first kappa shape index (κ1) is 13.6. The molecule has 0 aromatic carbocycles. The summed E-state index contributed by atoms with van der Waals surface area (Å²) in [5, 5.41) is 7.37. The SMILES string of the molecule is CC.CC.Nc1nc(Cl)c2cn[nH]c2n1. The van der Waals surface area contributed by atoms with E-state index in [2.05, 4.69) is 20.2 Å². The number of halogens is 1. The van der Waals surface area contributed by atoms with Crippen LogP contribution in [-0.4, -0.2) is 20.2 Å². The first-order chi connectivity index (χ1) is 7.27. The van der Waals surface area contributed by atoms with Gasteiger partial charge in [0.1, 0.15) is 5.15 Å². The third kappa shape index (κ3) is 3.36. The number of hydrogen-bond acceptors (Lipinski definition) is 4. The lowest BCUT2D eigenvalue weighted by atomic mass is 10.4. The van der Waals surface area contributed by atoms with E-state index < -0.39 is 0 Å². The summed E-state index contributed by atoms with van der Waals surface area (Å²) in [6.45, 7) is 8.00. The average Bonchev–Trinajstić information content (AvgIpc) is 2.72. The van der Waals surface area contributed by atoms with Crippen molar-refractivity contribution in [1.29, 1.82) is 0 Å². The summed E-state index contributed by atoms with van der Waals surface area (Å²) in [5.41, 5.74) is 5.89. The minimum Gasteiger partial charge on any atom is -0.368 e. The van der Waals surface area contributed by atoms with Gasteiger partial charge in [0.15, 0.2) is 5.65 Å². The fourth-order valence-electron chi connectivity index (χ4n) is 0.816. The topological polar surface area (TPSA) is 80.5 Å². The first-order valence-corrected chi connectivity index (χ1v) is 5.27. The van der Waals surface area contributed by atoms with Gasteiger partial charge in [0.2, 0.25) is 5.95 Å². The van der Waals surface area contributed by atoms with Crippen molar-refractivity contribution in [2.45, 2.75) is 27.7 Å². The Balaban J connectivity index is 0.000000442. The average molecular weight is 230 g/mol. The molecule has 0 bridgehead atoms. The number of rotatable bonds is 0. The molecule has 0 aliphatic carbocycles. The first-order valence-electron chi connectivity index (χ1n) is 4.89. The molecule has 5 nitrogen and oxygen atoms in total. The smallest absolute Gasteiger partial charge is 0.223 e. The molecule has 0 aliphatic rings. The fourth-order valence-corrected chi connectivity index (χ4v) is 1.04. The molecule has 15 heavy (non-hydrogen) atoms. The van der Waals surface area contributed by atoms with Gasteiger partial charge < -0.3 is 5.73 Å². The summed E-state index contributed by atoms with van der Waals surface area (Å²) < 4.78 is 0. The van der Waals surface area contributed by atoms with Crippen LogP contribution >= 0.6 is 11.6 Å². The normalized spacial score (nSPS) is 8.60. The zero-order valence-corrected chi connectivity index (χ0v) is 10.1. The molecular weight excluding hydrogens is 214 g/mol. The van der Waals surface area contributed by atoms with Crippen LogP contribution in [0.4, 0.5) is 5.95 Å². The van der Waals surface area contributed by atoms with Crippen LogP contribution in [0, 0.1) is 0 Å². The van der Waals surface area contributed by atoms with Crippen molar-refractivity contribution in [3.05, 3.63) is 11.3 Å². The Labute approximate surface area is 94.1 Å². The molecule has 0 amide bonds. The molecule has 0 radical (unpaired) electrons. The molecule has 2 aromatic heterocycles. The van der Waals surface area contributed by atoms with E-state index in [1.165, 1.54) is 0 Å². The summed E-state index contributed by atoms with van der Waals surface area (Å²) >= 11 is 5.71. The predicted octanol–water partition coefficient (Wildman–Crippen LogP) is 2.64. The zero-order chi connectivity index (χ0) is 11.8. The quantitative estimate of drug-likeness (QED) is 0.681. The van der Waals surface area contributed by atoms with Crippen molar-refractivity contribution in [1.82, 2.24) is 20.2 Å². The molecule has 2 rings (SSSR count). The third-order valence-corrected chi connectivity index (χ3v) is 1.57.